The molecule has 0 radical (unpaired) electrons. The van der Waals surface area contributed by atoms with Gasteiger partial charge in [-0.15, -0.1) is 0 Å². The van der Waals surface area contributed by atoms with Crippen LogP contribution in [-0.2, 0) is 7.05 Å². The molecular weight excluding hydrogens is 206 g/mol. The Kier molecular flexibility index (Phi) is 2.09. The molecule has 0 atom stereocenters. The zero-order valence-corrected chi connectivity index (χ0v) is 8.02. The third kappa shape index (κ3) is 1.42. The zero-order chi connectivity index (χ0) is 10.1. The fraction of sp³-hybridized carbons (Fsp3) is 0.125. The van der Waals surface area contributed by atoms with E-state index in [-0.39, 0.29) is 16.7 Å². The highest BCUT2D eigenvalue weighted by Crippen LogP contribution is 2.19. The highest BCUT2D eigenvalue weighted by molar-refractivity contribution is 6.33. The summed E-state index contributed by atoms with van der Waals surface area (Å²) in [5.41, 5.74) is 0.544. The van der Waals surface area contributed by atoms with Crippen LogP contribution in [0.1, 0.15) is 16.1 Å². The van der Waals surface area contributed by atoms with E-state index in [1.54, 1.807) is 7.05 Å². The van der Waals surface area contributed by atoms with E-state index in [1.165, 1.54) is 23.3 Å². The van der Waals surface area contributed by atoms with E-state index in [0.29, 0.717) is 5.56 Å². The molecule has 0 fully saturated rings. The zero-order valence-electron chi connectivity index (χ0n) is 7.27. The second-order valence-corrected chi connectivity index (χ2v) is 3.00. The van der Waals surface area contributed by atoms with Gasteiger partial charge in [0.25, 0.3) is 0 Å². The van der Waals surface area contributed by atoms with Crippen LogP contribution in [0.2, 0.25) is 5.22 Å². The highest BCUT2D eigenvalue weighted by Gasteiger charge is 2.17. The van der Waals surface area contributed by atoms with Crippen LogP contribution < -0.4 is 0 Å². The van der Waals surface area contributed by atoms with Crippen molar-refractivity contribution >= 4 is 17.4 Å². The van der Waals surface area contributed by atoms with Crippen molar-refractivity contribution in [3.05, 3.63) is 35.0 Å². The maximum Gasteiger partial charge on any atom is 0.219 e. The molecule has 2 aromatic rings. The Morgan fingerprint density at radius 3 is 2.93 bits per heavy atom. The van der Waals surface area contributed by atoms with Gasteiger partial charge in [0.05, 0.1) is 18.0 Å². The lowest BCUT2D eigenvalue weighted by atomic mass is 10.2. The van der Waals surface area contributed by atoms with E-state index in [4.69, 9.17) is 16.0 Å². The number of hydrogen-bond acceptors (Lipinski definition) is 4. The van der Waals surface area contributed by atoms with Crippen LogP contribution >= 0.6 is 11.6 Å². The first-order valence-electron chi connectivity index (χ1n) is 3.82. The first-order chi connectivity index (χ1) is 6.68. The summed E-state index contributed by atoms with van der Waals surface area (Å²) in [4.78, 5) is 13.0. The number of carbonyl (C=O) groups excluding carboxylic acids is 1. The molecule has 2 rings (SSSR count). The summed E-state index contributed by atoms with van der Waals surface area (Å²) in [5.74, 6) is -0.295. The fourth-order valence-corrected chi connectivity index (χ4v) is 1.24. The lowest BCUT2D eigenvalue weighted by Gasteiger charge is -1.91. The van der Waals surface area contributed by atoms with Gasteiger partial charge in [-0.3, -0.25) is 4.79 Å². The molecule has 6 heteroatoms. The van der Waals surface area contributed by atoms with E-state index in [2.05, 4.69) is 10.2 Å². The third-order valence-electron chi connectivity index (χ3n) is 1.69. The Labute approximate surface area is 84.3 Å². The number of nitrogens with zero attached hydrogens (tertiary/aromatic N) is 3. The van der Waals surface area contributed by atoms with Crippen molar-refractivity contribution in [3.63, 3.8) is 0 Å². The summed E-state index contributed by atoms with van der Waals surface area (Å²) in [6.45, 7) is 0. The van der Waals surface area contributed by atoms with Crippen molar-refractivity contribution in [3.8, 4) is 0 Å². The molecule has 0 N–H and O–H groups in total. The first-order valence-corrected chi connectivity index (χ1v) is 4.20. The smallest absolute Gasteiger partial charge is 0.219 e. The number of aromatic nitrogens is 3. The number of carbonyl (C=O) groups is 1. The molecule has 0 saturated heterocycles. The van der Waals surface area contributed by atoms with Crippen LogP contribution in [0.25, 0.3) is 0 Å². The Bertz CT molecular complexity index is 474. The monoisotopic (exact) mass is 211 g/mol. The molecule has 0 aliphatic carbocycles. The Hall–Kier alpha value is -1.62. The molecule has 0 aliphatic rings. The number of ketones is 1. The van der Waals surface area contributed by atoms with E-state index >= 15 is 0 Å². The van der Waals surface area contributed by atoms with Crippen LogP contribution in [0.5, 0.6) is 0 Å². The molecule has 0 amide bonds. The maximum atomic E-state index is 11.7. The van der Waals surface area contributed by atoms with Crippen molar-refractivity contribution in [2.24, 2.45) is 7.05 Å². The fourth-order valence-electron chi connectivity index (χ4n) is 1.04. The normalized spacial score (nSPS) is 10.4. The molecule has 2 heterocycles. The third-order valence-corrected chi connectivity index (χ3v) is 1.99. The topological polar surface area (TPSA) is 60.9 Å². The van der Waals surface area contributed by atoms with Gasteiger partial charge in [0.15, 0.2) is 5.69 Å². The van der Waals surface area contributed by atoms with Gasteiger partial charge < -0.3 is 4.42 Å². The molecule has 0 aromatic carbocycles. The van der Waals surface area contributed by atoms with Gasteiger partial charge in [0.1, 0.15) is 0 Å². The van der Waals surface area contributed by atoms with E-state index in [0.717, 1.165) is 0 Å². The largest absolute Gasteiger partial charge is 0.452 e. The number of furan rings is 1. The molecule has 2 aromatic heterocycles. The molecule has 0 spiro atoms. The van der Waals surface area contributed by atoms with Gasteiger partial charge in [0.2, 0.25) is 11.0 Å². The van der Waals surface area contributed by atoms with Gasteiger partial charge in [0, 0.05) is 7.05 Å². The van der Waals surface area contributed by atoms with Gasteiger partial charge >= 0.3 is 0 Å². The average molecular weight is 212 g/mol. The van der Waals surface area contributed by atoms with Crippen molar-refractivity contribution < 1.29 is 9.21 Å². The Morgan fingerprint density at radius 2 is 2.43 bits per heavy atom. The predicted octanol–water partition coefficient (Wildman–Crippen LogP) is 1.29. The Balaban J connectivity index is 2.38. The molecule has 0 aliphatic heterocycles. The van der Waals surface area contributed by atoms with Crippen molar-refractivity contribution in [2.75, 3.05) is 0 Å². The lowest BCUT2D eigenvalue weighted by molar-refractivity contribution is 0.103. The van der Waals surface area contributed by atoms with Gasteiger partial charge in [-0.25, -0.2) is 0 Å². The lowest BCUT2D eigenvalue weighted by Crippen LogP contribution is -2.02. The standard InChI is InChI=1S/C8H6ClN3O2/c1-12-10-4-6(11-12)7(13)5-2-3-14-8(5)9/h2-4H,1H3. The molecule has 0 unspecified atom stereocenters. The minimum atomic E-state index is -0.295. The summed E-state index contributed by atoms with van der Waals surface area (Å²) >= 11 is 5.65. The predicted molar refractivity (Wildman–Crippen MR) is 48.2 cm³/mol. The number of hydrogen-bond donors (Lipinski definition) is 0. The Morgan fingerprint density at radius 1 is 1.64 bits per heavy atom. The summed E-state index contributed by atoms with van der Waals surface area (Å²) in [7, 11) is 1.63. The second-order valence-electron chi connectivity index (χ2n) is 2.66. The first kappa shape index (κ1) is 8.96. The van der Waals surface area contributed by atoms with Gasteiger partial charge in [-0.1, -0.05) is 0 Å². The number of halogens is 1. The van der Waals surface area contributed by atoms with Crippen LogP contribution in [0.15, 0.2) is 22.9 Å². The average Bonchev–Trinajstić information content (AvgIpc) is 2.73. The number of aryl methyl sites for hydroxylation is 1. The number of rotatable bonds is 2. The van der Waals surface area contributed by atoms with E-state index in [9.17, 15) is 4.79 Å². The SMILES string of the molecule is Cn1ncc(C(=O)c2ccoc2Cl)n1. The maximum absolute atomic E-state index is 11.7. The molecule has 5 nitrogen and oxygen atoms in total. The summed E-state index contributed by atoms with van der Waals surface area (Å²) in [6.07, 6.45) is 2.73. The van der Waals surface area contributed by atoms with Crippen LogP contribution in [0.3, 0.4) is 0 Å². The van der Waals surface area contributed by atoms with Crippen LogP contribution in [-0.4, -0.2) is 20.8 Å². The van der Waals surface area contributed by atoms with Gasteiger partial charge in [-0.2, -0.15) is 15.0 Å². The van der Waals surface area contributed by atoms with Gasteiger partial charge in [-0.05, 0) is 17.7 Å². The molecule has 0 saturated carbocycles. The molecule has 0 bridgehead atoms. The minimum Gasteiger partial charge on any atom is -0.452 e. The molecule has 72 valence electrons. The van der Waals surface area contributed by atoms with Crippen molar-refractivity contribution in [2.45, 2.75) is 0 Å². The van der Waals surface area contributed by atoms with Crippen LogP contribution in [0, 0.1) is 0 Å². The molecular formula is C8H6ClN3O2. The summed E-state index contributed by atoms with van der Waals surface area (Å²) < 4.78 is 4.80. The highest BCUT2D eigenvalue weighted by atomic mass is 35.5. The van der Waals surface area contributed by atoms with E-state index < -0.39 is 0 Å². The van der Waals surface area contributed by atoms with E-state index in [1.807, 2.05) is 0 Å². The summed E-state index contributed by atoms with van der Waals surface area (Å²) in [5, 5.41) is 7.72. The van der Waals surface area contributed by atoms with Crippen molar-refractivity contribution in [1.29, 1.82) is 0 Å². The van der Waals surface area contributed by atoms with Crippen molar-refractivity contribution in [1.82, 2.24) is 15.0 Å². The summed E-state index contributed by atoms with van der Waals surface area (Å²) in [6, 6.07) is 1.50. The van der Waals surface area contributed by atoms with Crippen LogP contribution in [0.4, 0.5) is 0 Å². The quantitative estimate of drug-likeness (QED) is 0.703. The second kappa shape index (κ2) is 3.26. The minimum absolute atomic E-state index is 0.0700. The molecule has 14 heavy (non-hydrogen) atoms.